The number of methoxy groups -OCH3 is 1. The molecule has 0 saturated carbocycles. The van der Waals surface area contributed by atoms with Crippen molar-refractivity contribution < 1.29 is 19.4 Å². The minimum absolute atomic E-state index is 0.0534. The Balaban J connectivity index is 2.28. The lowest BCUT2D eigenvalue weighted by Gasteiger charge is -2.06. The predicted octanol–water partition coefficient (Wildman–Crippen LogP) is -0.330. The molecule has 0 spiro atoms. The zero-order valence-corrected chi connectivity index (χ0v) is 10.7. The van der Waals surface area contributed by atoms with Gasteiger partial charge in [-0.25, -0.2) is 4.98 Å². The van der Waals surface area contributed by atoms with Gasteiger partial charge in [0.15, 0.2) is 5.69 Å². The average molecular weight is 267 g/mol. The van der Waals surface area contributed by atoms with Gasteiger partial charge in [0.05, 0.1) is 6.61 Å². The highest BCUT2D eigenvalue weighted by molar-refractivity contribution is 5.94. The molecular formula is C12H17N3O4. The molecule has 0 aliphatic rings. The maximum absolute atomic E-state index is 11.6. The third-order valence-corrected chi connectivity index (χ3v) is 2.27. The van der Waals surface area contributed by atoms with Gasteiger partial charge in [-0.3, -0.25) is 9.59 Å². The van der Waals surface area contributed by atoms with Gasteiger partial charge in [-0.1, -0.05) is 0 Å². The molecular weight excluding hydrogens is 250 g/mol. The van der Waals surface area contributed by atoms with Crippen molar-refractivity contribution in [1.82, 2.24) is 15.6 Å². The lowest BCUT2D eigenvalue weighted by molar-refractivity contribution is -0.121. The van der Waals surface area contributed by atoms with E-state index in [9.17, 15) is 14.7 Å². The fourth-order valence-corrected chi connectivity index (χ4v) is 1.33. The zero-order chi connectivity index (χ0) is 14.1. The van der Waals surface area contributed by atoms with E-state index in [4.69, 9.17) is 4.74 Å². The molecule has 0 aromatic carbocycles. The Hall–Kier alpha value is -2.15. The van der Waals surface area contributed by atoms with Crippen LogP contribution in [-0.2, 0) is 9.53 Å². The number of aromatic hydroxyl groups is 1. The second-order valence-electron chi connectivity index (χ2n) is 3.72. The Morgan fingerprint density at radius 2 is 2.16 bits per heavy atom. The summed E-state index contributed by atoms with van der Waals surface area (Å²) in [7, 11) is 1.55. The third kappa shape index (κ3) is 5.35. The lowest BCUT2D eigenvalue weighted by Crippen LogP contribution is -2.32. The van der Waals surface area contributed by atoms with Crippen molar-refractivity contribution in [3.63, 3.8) is 0 Å². The molecule has 104 valence electrons. The number of hydrogen-bond acceptors (Lipinski definition) is 5. The van der Waals surface area contributed by atoms with Crippen LogP contribution in [0, 0.1) is 0 Å². The number of carbonyl (C=O) groups is 2. The van der Waals surface area contributed by atoms with Crippen molar-refractivity contribution in [3.05, 3.63) is 24.0 Å². The highest BCUT2D eigenvalue weighted by Crippen LogP contribution is 2.11. The number of ether oxygens (including phenoxy) is 1. The van der Waals surface area contributed by atoms with E-state index >= 15 is 0 Å². The molecule has 0 fully saturated rings. The van der Waals surface area contributed by atoms with Gasteiger partial charge >= 0.3 is 0 Å². The molecule has 0 radical (unpaired) electrons. The summed E-state index contributed by atoms with van der Waals surface area (Å²) in [6, 6.07) is 2.90. The molecule has 0 aliphatic heterocycles. The van der Waals surface area contributed by atoms with Gasteiger partial charge < -0.3 is 20.5 Å². The fourth-order valence-electron chi connectivity index (χ4n) is 1.33. The molecule has 7 heteroatoms. The van der Waals surface area contributed by atoms with Crippen LogP contribution in [0.25, 0.3) is 0 Å². The summed E-state index contributed by atoms with van der Waals surface area (Å²) in [5, 5.41) is 14.6. The van der Waals surface area contributed by atoms with Crippen LogP contribution in [0.5, 0.6) is 5.75 Å². The van der Waals surface area contributed by atoms with Gasteiger partial charge in [-0.15, -0.1) is 0 Å². The summed E-state index contributed by atoms with van der Waals surface area (Å²) in [4.78, 5) is 26.7. The van der Waals surface area contributed by atoms with Crippen LogP contribution in [-0.4, -0.2) is 48.7 Å². The number of pyridine rings is 1. The van der Waals surface area contributed by atoms with Gasteiger partial charge in [-0.05, 0) is 12.1 Å². The van der Waals surface area contributed by atoms with E-state index in [1.807, 2.05) is 0 Å². The SMILES string of the molecule is COCCNC(=O)CCNC(=O)c1ncccc1O. The smallest absolute Gasteiger partial charge is 0.273 e. The van der Waals surface area contributed by atoms with Crippen molar-refractivity contribution in [3.8, 4) is 5.75 Å². The highest BCUT2D eigenvalue weighted by atomic mass is 16.5. The van der Waals surface area contributed by atoms with Crippen LogP contribution in [0.2, 0.25) is 0 Å². The first kappa shape index (κ1) is 14.9. The minimum atomic E-state index is -0.511. The normalized spacial score (nSPS) is 9.95. The van der Waals surface area contributed by atoms with Crippen LogP contribution < -0.4 is 10.6 Å². The molecule has 1 aromatic heterocycles. The zero-order valence-electron chi connectivity index (χ0n) is 10.7. The van der Waals surface area contributed by atoms with Crippen molar-refractivity contribution in [2.24, 2.45) is 0 Å². The number of carbonyl (C=O) groups excluding carboxylic acids is 2. The Kier molecular flexibility index (Phi) is 6.31. The number of rotatable bonds is 7. The molecule has 2 amide bonds. The van der Waals surface area contributed by atoms with Crippen LogP contribution in [0.3, 0.4) is 0 Å². The van der Waals surface area contributed by atoms with Gasteiger partial charge in [0.25, 0.3) is 5.91 Å². The topological polar surface area (TPSA) is 101 Å². The van der Waals surface area contributed by atoms with Crippen molar-refractivity contribution in [2.75, 3.05) is 26.8 Å². The maximum atomic E-state index is 11.6. The Labute approximate surface area is 111 Å². The van der Waals surface area contributed by atoms with E-state index in [2.05, 4.69) is 15.6 Å². The molecule has 0 unspecified atom stereocenters. The van der Waals surface area contributed by atoms with Crippen LogP contribution >= 0.6 is 0 Å². The molecule has 1 rings (SSSR count). The Morgan fingerprint density at radius 1 is 1.37 bits per heavy atom. The summed E-state index contributed by atoms with van der Waals surface area (Å²) in [6.07, 6.45) is 1.56. The summed E-state index contributed by atoms with van der Waals surface area (Å²) < 4.78 is 4.79. The molecule has 1 aromatic rings. The maximum Gasteiger partial charge on any atom is 0.273 e. The third-order valence-electron chi connectivity index (χ3n) is 2.27. The Bertz CT molecular complexity index is 437. The van der Waals surface area contributed by atoms with Gasteiger partial charge in [-0.2, -0.15) is 0 Å². The average Bonchev–Trinajstić information content (AvgIpc) is 2.39. The molecule has 0 atom stereocenters. The summed E-state index contributed by atoms with van der Waals surface area (Å²) in [5.41, 5.74) is -0.0534. The molecule has 1 heterocycles. The number of nitrogens with one attached hydrogen (secondary N) is 2. The van der Waals surface area contributed by atoms with E-state index < -0.39 is 5.91 Å². The standard InChI is InChI=1S/C12H17N3O4/c1-19-8-7-13-10(17)4-6-15-12(18)11-9(16)3-2-5-14-11/h2-3,5,16H,4,6-8H2,1H3,(H,13,17)(H,15,18). The van der Waals surface area contributed by atoms with Gasteiger partial charge in [0.1, 0.15) is 5.75 Å². The second-order valence-corrected chi connectivity index (χ2v) is 3.72. The fraction of sp³-hybridized carbons (Fsp3) is 0.417. The lowest BCUT2D eigenvalue weighted by atomic mass is 10.3. The largest absolute Gasteiger partial charge is 0.505 e. The molecule has 19 heavy (non-hydrogen) atoms. The van der Waals surface area contributed by atoms with E-state index in [1.165, 1.54) is 18.3 Å². The molecule has 7 nitrogen and oxygen atoms in total. The number of amides is 2. The summed E-state index contributed by atoms with van der Waals surface area (Å²) in [5.74, 6) is -0.880. The molecule has 0 saturated heterocycles. The number of hydrogen-bond donors (Lipinski definition) is 3. The predicted molar refractivity (Wildman–Crippen MR) is 67.7 cm³/mol. The highest BCUT2D eigenvalue weighted by Gasteiger charge is 2.11. The van der Waals surface area contributed by atoms with E-state index in [0.29, 0.717) is 13.2 Å². The summed E-state index contributed by atoms with van der Waals surface area (Å²) in [6.45, 7) is 1.05. The van der Waals surface area contributed by atoms with E-state index in [1.54, 1.807) is 7.11 Å². The summed E-state index contributed by atoms with van der Waals surface area (Å²) >= 11 is 0. The monoisotopic (exact) mass is 267 g/mol. The first-order chi connectivity index (χ1) is 9.15. The quantitative estimate of drug-likeness (QED) is 0.587. The van der Waals surface area contributed by atoms with Crippen molar-refractivity contribution in [2.45, 2.75) is 6.42 Å². The molecule has 3 N–H and O–H groups in total. The van der Waals surface area contributed by atoms with E-state index in [0.717, 1.165) is 0 Å². The van der Waals surface area contributed by atoms with Crippen molar-refractivity contribution >= 4 is 11.8 Å². The van der Waals surface area contributed by atoms with Gasteiger partial charge in [0.2, 0.25) is 5.91 Å². The first-order valence-corrected chi connectivity index (χ1v) is 5.83. The first-order valence-electron chi connectivity index (χ1n) is 5.83. The van der Waals surface area contributed by atoms with Crippen LogP contribution in [0.15, 0.2) is 18.3 Å². The minimum Gasteiger partial charge on any atom is -0.505 e. The van der Waals surface area contributed by atoms with Crippen LogP contribution in [0.1, 0.15) is 16.9 Å². The number of nitrogens with zero attached hydrogens (tertiary/aromatic N) is 1. The Morgan fingerprint density at radius 3 is 2.84 bits per heavy atom. The van der Waals surface area contributed by atoms with Crippen LogP contribution in [0.4, 0.5) is 0 Å². The molecule has 0 bridgehead atoms. The van der Waals surface area contributed by atoms with E-state index in [-0.39, 0.29) is 30.3 Å². The second kappa shape index (κ2) is 8.04. The number of aromatic nitrogens is 1. The molecule has 0 aliphatic carbocycles. The van der Waals surface area contributed by atoms with Crippen molar-refractivity contribution in [1.29, 1.82) is 0 Å². The van der Waals surface area contributed by atoms with Gasteiger partial charge in [0, 0.05) is 32.8 Å².